The molecule has 94 valence electrons. The van der Waals surface area contributed by atoms with Crippen LogP contribution >= 0.6 is 11.8 Å². The SMILES string of the molecule is C=CCn1cnnc1SCC(=O)c1cccn1C. The second kappa shape index (κ2) is 5.68. The first-order valence-corrected chi connectivity index (χ1v) is 6.47. The minimum Gasteiger partial charge on any atom is -0.348 e. The molecule has 18 heavy (non-hydrogen) atoms. The number of ketones is 1. The van der Waals surface area contributed by atoms with Crippen LogP contribution in [0.4, 0.5) is 0 Å². The Hall–Kier alpha value is -1.82. The van der Waals surface area contributed by atoms with Crippen molar-refractivity contribution in [2.24, 2.45) is 7.05 Å². The number of hydrogen-bond acceptors (Lipinski definition) is 4. The van der Waals surface area contributed by atoms with Crippen LogP contribution in [0.1, 0.15) is 10.5 Å². The zero-order chi connectivity index (χ0) is 13.0. The van der Waals surface area contributed by atoms with E-state index in [-0.39, 0.29) is 5.78 Å². The van der Waals surface area contributed by atoms with Gasteiger partial charge in [0.25, 0.3) is 0 Å². The number of aryl methyl sites for hydroxylation is 1. The standard InChI is InChI=1S/C12H14N4OS/c1-3-6-16-9-13-14-12(16)18-8-11(17)10-5-4-7-15(10)2/h3-5,7,9H,1,6,8H2,2H3. The number of thioether (sulfide) groups is 1. The maximum atomic E-state index is 12.0. The van der Waals surface area contributed by atoms with Crippen molar-refractivity contribution in [2.75, 3.05) is 5.75 Å². The Labute approximate surface area is 110 Å². The molecule has 2 heterocycles. The first-order valence-electron chi connectivity index (χ1n) is 5.48. The van der Waals surface area contributed by atoms with Gasteiger partial charge in [-0.15, -0.1) is 16.8 Å². The number of hydrogen-bond donors (Lipinski definition) is 0. The molecule has 0 bridgehead atoms. The third kappa shape index (κ3) is 2.70. The molecule has 0 radical (unpaired) electrons. The Bertz CT molecular complexity index is 558. The van der Waals surface area contributed by atoms with Crippen molar-refractivity contribution in [3.05, 3.63) is 43.0 Å². The van der Waals surface area contributed by atoms with Crippen LogP contribution in [0.15, 0.2) is 42.5 Å². The Morgan fingerprint density at radius 2 is 2.44 bits per heavy atom. The van der Waals surface area contributed by atoms with Crippen molar-refractivity contribution in [2.45, 2.75) is 11.7 Å². The van der Waals surface area contributed by atoms with Gasteiger partial charge >= 0.3 is 0 Å². The van der Waals surface area contributed by atoms with E-state index in [1.807, 2.05) is 34.5 Å². The molecule has 2 aromatic heterocycles. The number of allylic oxidation sites excluding steroid dienone is 1. The van der Waals surface area contributed by atoms with Crippen LogP contribution in [0.2, 0.25) is 0 Å². The Morgan fingerprint density at radius 1 is 1.61 bits per heavy atom. The van der Waals surface area contributed by atoms with E-state index in [9.17, 15) is 4.79 Å². The van der Waals surface area contributed by atoms with Crippen LogP contribution in [-0.2, 0) is 13.6 Å². The summed E-state index contributed by atoms with van der Waals surface area (Å²) in [6.07, 6.45) is 5.27. The molecule has 2 aromatic rings. The van der Waals surface area contributed by atoms with E-state index in [0.717, 1.165) is 5.16 Å². The highest BCUT2D eigenvalue weighted by Gasteiger charge is 2.12. The molecule has 2 rings (SSSR count). The molecular weight excluding hydrogens is 248 g/mol. The summed E-state index contributed by atoms with van der Waals surface area (Å²) in [5.41, 5.74) is 0.706. The molecule has 0 aromatic carbocycles. The van der Waals surface area contributed by atoms with Gasteiger partial charge in [-0.1, -0.05) is 17.8 Å². The quantitative estimate of drug-likeness (QED) is 0.452. The van der Waals surface area contributed by atoms with E-state index < -0.39 is 0 Å². The van der Waals surface area contributed by atoms with Gasteiger partial charge in [0.15, 0.2) is 10.9 Å². The van der Waals surface area contributed by atoms with Gasteiger partial charge in [-0.25, -0.2) is 0 Å². The molecule has 0 amide bonds. The van der Waals surface area contributed by atoms with Gasteiger partial charge in [-0.05, 0) is 12.1 Å². The fraction of sp³-hybridized carbons (Fsp3) is 0.250. The van der Waals surface area contributed by atoms with Gasteiger partial charge in [0, 0.05) is 19.8 Å². The van der Waals surface area contributed by atoms with E-state index >= 15 is 0 Å². The first kappa shape index (κ1) is 12.6. The largest absolute Gasteiger partial charge is 0.348 e. The van der Waals surface area contributed by atoms with Gasteiger partial charge < -0.3 is 9.13 Å². The summed E-state index contributed by atoms with van der Waals surface area (Å²) in [6, 6.07) is 3.68. The number of carbonyl (C=O) groups is 1. The zero-order valence-corrected chi connectivity index (χ0v) is 10.9. The molecule has 0 saturated carbocycles. The second-order valence-corrected chi connectivity index (χ2v) is 4.71. The van der Waals surface area contributed by atoms with Crippen LogP contribution in [0, 0.1) is 0 Å². The number of Topliss-reactive ketones (excluding diaryl/α,β-unsaturated/α-hetero) is 1. The minimum atomic E-state index is 0.0839. The fourth-order valence-electron chi connectivity index (χ4n) is 1.58. The molecule has 0 fully saturated rings. The molecule has 0 spiro atoms. The lowest BCUT2D eigenvalue weighted by Gasteiger charge is -2.03. The van der Waals surface area contributed by atoms with Crippen molar-refractivity contribution in [1.82, 2.24) is 19.3 Å². The lowest BCUT2D eigenvalue weighted by atomic mass is 10.3. The highest BCUT2D eigenvalue weighted by molar-refractivity contribution is 7.99. The molecule has 0 aliphatic heterocycles. The van der Waals surface area contributed by atoms with Crippen molar-refractivity contribution in [3.8, 4) is 0 Å². The highest BCUT2D eigenvalue weighted by Crippen LogP contribution is 2.16. The van der Waals surface area contributed by atoms with E-state index in [2.05, 4.69) is 16.8 Å². The molecule has 0 atom stereocenters. The molecule has 0 saturated heterocycles. The van der Waals surface area contributed by atoms with E-state index in [4.69, 9.17) is 0 Å². The van der Waals surface area contributed by atoms with Gasteiger partial charge in [0.05, 0.1) is 11.4 Å². The normalized spacial score (nSPS) is 10.5. The first-order chi connectivity index (χ1) is 8.72. The van der Waals surface area contributed by atoms with Crippen LogP contribution < -0.4 is 0 Å². The topological polar surface area (TPSA) is 52.7 Å². The van der Waals surface area contributed by atoms with Gasteiger partial charge in [0.2, 0.25) is 0 Å². The Balaban J connectivity index is 1.99. The molecule has 0 aliphatic rings. The smallest absolute Gasteiger partial charge is 0.191 e. The zero-order valence-electron chi connectivity index (χ0n) is 10.1. The van der Waals surface area contributed by atoms with Gasteiger partial charge in [0.1, 0.15) is 6.33 Å². The lowest BCUT2D eigenvalue weighted by Crippen LogP contribution is -2.08. The summed E-state index contributed by atoms with van der Waals surface area (Å²) in [5.74, 6) is 0.439. The van der Waals surface area contributed by atoms with E-state index in [1.165, 1.54) is 11.8 Å². The summed E-state index contributed by atoms with van der Waals surface area (Å²) in [7, 11) is 1.86. The molecule has 5 nitrogen and oxygen atoms in total. The number of nitrogens with zero attached hydrogens (tertiary/aromatic N) is 4. The third-order valence-corrected chi connectivity index (χ3v) is 3.45. The van der Waals surface area contributed by atoms with Crippen LogP contribution in [-0.4, -0.2) is 30.9 Å². The number of rotatable bonds is 6. The second-order valence-electron chi connectivity index (χ2n) is 3.77. The Morgan fingerprint density at radius 3 is 3.11 bits per heavy atom. The van der Waals surface area contributed by atoms with Crippen molar-refractivity contribution >= 4 is 17.5 Å². The third-order valence-electron chi connectivity index (χ3n) is 2.47. The molecule has 0 aliphatic carbocycles. The van der Waals surface area contributed by atoms with Crippen molar-refractivity contribution in [1.29, 1.82) is 0 Å². The predicted octanol–water partition coefficient (Wildman–Crippen LogP) is 1.78. The molecule has 6 heteroatoms. The predicted molar refractivity (Wildman–Crippen MR) is 70.7 cm³/mol. The van der Waals surface area contributed by atoms with E-state index in [0.29, 0.717) is 18.0 Å². The maximum absolute atomic E-state index is 12.0. The number of aromatic nitrogens is 4. The summed E-state index contributed by atoms with van der Waals surface area (Å²) in [5, 5.41) is 8.54. The molecule has 0 N–H and O–H groups in total. The molecular formula is C12H14N4OS. The van der Waals surface area contributed by atoms with Crippen molar-refractivity contribution in [3.63, 3.8) is 0 Å². The monoisotopic (exact) mass is 262 g/mol. The minimum absolute atomic E-state index is 0.0839. The van der Waals surface area contributed by atoms with Crippen molar-refractivity contribution < 1.29 is 4.79 Å². The van der Waals surface area contributed by atoms with Gasteiger partial charge in [-0.2, -0.15) is 0 Å². The lowest BCUT2D eigenvalue weighted by molar-refractivity contribution is 0.101. The maximum Gasteiger partial charge on any atom is 0.191 e. The van der Waals surface area contributed by atoms with Crippen LogP contribution in [0.3, 0.4) is 0 Å². The molecule has 0 unspecified atom stereocenters. The number of carbonyl (C=O) groups excluding carboxylic acids is 1. The summed E-state index contributed by atoms with van der Waals surface area (Å²) in [6.45, 7) is 4.31. The van der Waals surface area contributed by atoms with Gasteiger partial charge in [-0.3, -0.25) is 4.79 Å². The Kier molecular flexibility index (Phi) is 3.99. The summed E-state index contributed by atoms with van der Waals surface area (Å²) >= 11 is 1.39. The summed E-state index contributed by atoms with van der Waals surface area (Å²) in [4.78, 5) is 12.0. The van der Waals surface area contributed by atoms with Crippen LogP contribution in [0.5, 0.6) is 0 Å². The van der Waals surface area contributed by atoms with Crippen LogP contribution in [0.25, 0.3) is 0 Å². The highest BCUT2D eigenvalue weighted by atomic mass is 32.2. The fourth-order valence-corrected chi connectivity index (χ4v) is 2.38. The average molecular weight is 262 g/mol. The summed E-state index contributed by atoms with van der Waals surface area (Å²) < 4.78 is 3.67. The van der Waals surface area contributed by atoms with E-state index in [1.54, 1.807) is 12.4 Å². The average Bonchev–Trinajstić information content (AvgIpc) is 2.96.